The lowest BCUT2D eigenvalue weighted by molar-refractivity contribution is 0.459. The highest BCUT2D eigenvalue weighted by molar-refractivity contribution is 5.53. The van der Waals surface area contributed by atoms with Crippen LogP contribution in [0, 0.1) is 25.2 Å². The van der Waals surface area contributed by atoms with E-state index in [9.17, 15) is 5.11 Å². The van der Waals surface area contributed by atoms with Gasteiger partial charge in [0.15, 0.2) is 0 Å². The largest absolute Gasteiger partial charge is 0.507 e. The molecule has 1 atom stereocenters. The smallest absolute Gasteiger partial charge is 0.123 e. The number of hydrogen-bond donors (Lipinski definition) is 2. The van der Waals surface area contributed by atoms with E-state index < -0.39 is 0 Å². The van der Waals surface area contributed by atoms with Crippen LogP contribution in [0.2, 0.25) is 0 Å². The predicted octanol–water partition coefficient (Wildman–Crippen LogP) is 1.90. The summed E-state index contributed by atoms with van der Waals surface area (Å²) >= 11 is 0. The van der Waals surface area contributed by atoms with Crippen molar-refractivity contribution in [3.8, 4) is 11.8 Å². The molecule has 74 valence electrons. The van der Waals surface area contributed by atoms with Crippen molar-refractivity contribution in [1.29, 1.82) is 5.26 Å². The Hall–Kier alpha value is -1.53. The molecule has 0 spiro atoms. The summed E-state index contributed by atoms with van der Waals surface area (Å²) < 4.78 is 0. The number of nitrogens with zero attached hydrogens (tertiary/aromatic N) is 1. The molecule has 0 radical (unpaired) electrons. The van der Waals surface area contributed by atoms with Gasteiger partial charge in [0.1, 0.15) is 5.75 Å². The third kappa shape index (κ3) is 1.57. The standard InChI is InChI=1S/C11H14N2O/c1-6-7(2)11(14)10(8(3)13)4-9(6)5-12/h4,8,14H,13H2,1-3H3. The summed E-state index contributed by atoms with van der Waals surface area (Å²) in [7, 11) is 0. The molecule has 0 fully saturated rings. The van der Waals surface area contributed by atoms with Gasteiger partial charge in [-0.15, -0.1) is 0 Å². The first-order valence-electron chi connectivity index (χ1n) is 4.47. The Kier molecular flexibility index (Phi) is 2.78. The number of benzene rings is 1. The summed E-state index contributed by atoms with van der Waals surface area (Å²) in [5.74, 6) is 0.205. The molecular formula is C11H14N2O. The third-order valence-corrected chi connectivity index (χ3v) is 2.51. The van der Waals surface area contributed by atoms with Gasteiger partial charge in [-0.1, -0.05) is 0 Å². The molecule has 0 amide bonds. The van der Waals surface area contributed by atoms with Gasteiger partial charge in [-0.25, -0.2) is 0 Å². The minimum Gasteiger partial charge on any atom is -0.507 e. The Labute approximate surface area is 83.8 Å². The van der Waals surface area contributed by atoms with Crippen LogP contribution < -0.4 is 5.73 Å². The fourth-order valence-electron chi connectivity index (χ4n) is 1.39. The van der Waals surface area contributed by atoms with E-state index in [2.05, 4.69) is 6.07 Å². The van der Waals surface area contributed by atoms with E-state index in [0.29, 0.717) is 11.1 Å². The summed E-state index contributed by atoms with van der Waals surface area (Å²) in [6.45, 7) is 5.39. The molecule has 1 unspecified atom stereocenters. The first-order valence-corrected chi connectivity index (χ1v) is 4.47. The summed E-state index contributed by atoms with van der Waals surface area (Å²) in [6, 6.07) is 3.48. The topological polar surface area (TPSA) is 70.0 Å². The van der Waals surface area contributed by atoms with Crippen LogP contribution in [-0.2, 0) is 0 Å². The molecular weight excluding hydrogens is 176 g/mol. The van der Waals surface area contributed by atoms with E-state index >= 15 is 0 Å². The number of nitrogens with two attached hydrogens (primary N) is 1. The molecule has 0 bridgehead atoms. The molecule has 0 saturated carbocycles. The van der Waals surface area contributed by atoms with E-state index in [1.807, 2.05) is 6.92 Å². The van der Waals surface area contributed by atoms with Gasteiger partial charge in [0.05, 0.1) is 11.6 Å². The fourth-order valence-corrected chi connectivity index (χ4v) is 1.39. The van der Waals surface area contributed by atoms with Crippen LogP contribution in [0.4, 0.5) is 0 Å². The molecule has 14 heavy (non-hydrogen) atoms. The van der Waals surface area contributed by atoms with Gasteiger partial charge in [-0.05, 0) is 38.0 Å². The van der Waals surface area contributed by atoms with Crippen molar-refractivity contribution in [2.75, 3.05) is 0 Å². The number of phenols is 1. The first-order chi connectivity index (χ1) is 6.49. The normalized spacial score (nSPS) is 12.2. The monoisotopic (exact) mass is 190 g/mol. The molecule has 3 N–H and O–H groups in total. The molecule has 0 aliphatic carbocycles. The van der Waals surface area contributed by atoms with Gasteiger partial charge >= 0.3 is 0 Å². The predicted molar refractivity (Wildman–Crippen MR) is 54.9 cm³/mol. The van der Waals surface area contributed by atoms with Gasteiger partial charge in [-0.2, -0.15) is 5.26 Å². The lowest BCUT2D eigenvalue weighted by Crippen LogP contribution is -2.07. The lowest BCUT2D eigenvalue weighted by Gasteiger charge is -2.13. The van der Waals surface area contributed by atoms with Crippen molar-refractivity contribution in [1.82, 2.24) is 0 Å². The van der Waals surface area contributed by atoms with Crippen LogP contribution >= 0.6 is 0 Å². The Morgan fingerprint density at radius 2 is 2.00 bits per heavy atom. The zero-order valence-corrected chi connectivity index (χ0v) is 8.63. The average Bonchev–Trinajstić information content (AvgIpc) is 2.14. The summed E-state index contributed by atoms with van der Waals surface area (Å²) in [5, 5.41) is 18.6. The van der Waals surface area contributed by atoms with Crippen LogP contribution in [0.3, 0.4) is 0 Å². The molecule has 1 aromatic carbocycles. The average molecular weight is 190 g/mol. The lowest BCUT2D eigenvalue weighted by atomic mass is 9.96. The highest BCUT2D eigenvalue weighted by Gasteiger charge is 2.13. The maximum atomic E-state index is 9.78. The van der Waals surface area contributed by atoms with Gasteiger partial charge in [0.25, 0.3) is 0 Å². The number of aromatic hydroxyl groups is 1. The van der Waals surface area contributed by atoms with E-state index in [0.717, 1.165) is 11.1 Å². The zero-order chi connectivity index (χ0) is 10.9. The molecule has 0 saturated heterocycles. The van der Waals surface area contributed by atoms with Crippen LogP contribution in [-0.4, -0.2) is 5.11 Å². The SMILES string of the molecule is Cc1c(C#N)cc(C(C)N)c(O)c1C. The Balaban J connectivity index is 3.50. The second-order valence-electron chi connectivity index (χ2n) is 3.51. The molecule has 0 aliphatic rings. The Bertz CT molecular complexity index is 403. The maximum absolute atomic E-state index is 9.78. The molecule has 3 heteroatoms. The Morgan fingerprint density at radius 1 is 1.43 bits per heavy atom. The molecule has 0 heterocycles. The zero-order valence-electron chi connectivity index (χ0n) is 8.63. The number of nitriles is 1. The van der Waals surface area contributed by atoms with Gasteiger partial charge in [0, 0.05) is 11.6 Å². The molecule has 1 rings (SSSR count). The molecule has 0 aromatic heterocycles. The van der Waals surface area contributed by atoms with Crippen LogP contribution in [0.15, 0.2) is 6.07 Å². The van der Waals surface area contributed by atoms with Crippen LogP contribution in [0.5, 0.6) is 5.75 Å². The van der Waals surface area contributed by atoms with Crippen molar-refractivity contribution in [2.24, 2.45) is 5.73 Å². The van der Waals surface area contributed by atoms with E-state index in [4.69, 9.17) is 11.0 Å². The maximum Gasteiger partial charge on any atom is 0.123 e. The number of phenolic OH excluding ortho intramolecular Hbond substituents is 1. The van der Waals surface area contributed by atoms with Crippen molar-refractivity contribution in [2.45, 2.75) is 26.8 Å². The number of hydrogen-bond acceptors (Lipinski definition) is 3. The van der Waals surface area contributed by atoms with E-state index in [-0.39, 0.29) is 11.8 Å². The Morgan fingerprint density at radius 3 is 2.43 bits per heavy atom. The molecule has 1 aromatic rings. The van der Waals surface area contributed by atoms with Crippen molar-refractivity contribution in [3.05, 3.63) is 28.3 Å². The van der Waals surface area contributed by atoms with Crippen LogP contribution in [0.1, 0.15) is 35.2 Å². The fraction of sp³-hybridized carbons (Fsp3) is 0.364. The highest BCUT2D eigenvalue weighted by Crippen LogP contribution is 2.30. The van der Waals surface area contributed by atoms with Crippen molar-refractivity contribution in [3.63, 3.8) is 0 Å². The summed E-state index contributed by atoms with van der Waals surface area (Å²) in [4.78, 5) is 0. The van der Waals surface area contributed by atoms with Crippen molar-refractivity contribution < 1.29 is 5.11 Å². The van der Waals surface area contributed by atoms with E-state index in [1.54, 1.807) is 19.9 Å². The second-order valence-corrected chi connectivity index (χ2v) is 3.51. The van der Waals surface area contributed by atoms with Gasteiger partial charge in [0.2, 0.25) is 0 Å². The first kappa shape index (κ1) is 10.6. The van der Waals surface area contributed by atoms with E-state index in [1.165, 1.54) is 0 Å². The highest BCUT2D eigenvalue weighted by atomic mass is 16.3. The van der Waals surface area contributed by atoms with Gasteiger partial charge in [-0.3, -0.25) is 0 Å². The second kappa shape index (κ2) is 3.69. The minimum absolute atomic E-state index is 0.205. The third-order valence-electron chi connectivity index (χ3n) is 2.51. The summed E-state index contributed by atoms with van der Waals surface area (Å²) in [6.07, 6.45) is 0. The minimum atomic E-state index is -0.263. The van der Waals surface area contributed by atoms with Gasteiger partial charge < -0.3 is 10.8 Å². The molecule has 0 aliphatic heterocycles. The summed E-state index contributed by atoms with van der Waals surface area (Å²) in [5.41, 5.74) is 8.44. The molecule has 3 nitrogen and oxygen atoms in total. The van der Waals surface area contributed by atoms with Crippen LogP contribution in [0.25, 0.3) is 0 Å². The quantitative estimate of drug-likeness (QED) is 0.710. The van der Waals surface area contributed by atoms with Crippen molar-refractivity contribution >= 4 is 0 Å². The number of rotatable bonds is 1.